The molecule has 17 heavy (non-hydrogen) atoms. The monoisotopic (exact) mass is 271 g/mol. The van der Waals surface area contributed by atoms with Crippen LogP contribution in [0.5, 0.6) is 0 Å². The predicted molar refractivity (Wildman–Crippen MR) is 71.5 cm³/mol. The second kappa shape index (κ2) is 5.31. The Labute approximate surface area is 110 Å². The van der Waals surface area contributed by atoms with Crippen molar-refractivity contribution in [3.63, 3.8) is 0 Å². The van der Waals surface area contributed by atoms with Crippen LogP contribution in [0.25, 0.3) is 0 Å². The van der Waals surface area contributed by atoms with E-state index in [1.54, 1.807) is 11.0 Å². The van der Waals surface area contributed by atoms with Gasteiger partial charge in [-0.1, -0.05) is 6.92 Å². The molecule has 92 valence electrons. The van der Waals surface area contributed by atoms with Gasteiger partial charge in [0.05, 0.1) is 5.56 Å². The zero-order valence-corrected chi connectivity index (χ0v) is 11.2. The number of thioether (sulfide) groups is 1. The van der Waals surface area contributed by atoms with E-state index >= 15 is 0 Å². The fourth-order valence-electron chi connectivity index (χ4n) is 1.85. The van der Waals surface area contributed by atoms with Crippen molar-refractivity contribution in [1.82, 2.24) is 4.90 Å². The van der Waals surface area contributed by atoms with Crippen molar-refractivity contribution in [2.45, 2.75) is 17.1 Å². The summed E-state index contributed by atoms with van der Waals surface area (Å²) in [6, 6.07) is 4.33. The molecule has 0 aliphatic carbocycles. The zero-order valence-electron chi connectivity index (χ0n) is 9.52. The maximum absolute atomic E-state index is 13.6. The average molecular weight is 271 g/mol. The lowest BCUT2D eigenvalue weighted by Gasteiger charge is -2.30. The van der Waals surface area contributed by atoms with Gasteiger partial charge in [-0.25, -0.2) is 4.39 Å². The van der Waals surface area contributed by atoms with Crippen LogP contribution in [0.15, 0.2) is 23.1 Å². The molecule has 1 heterocycles. The van der Waals surface area contributed by atoms with Gasteiger partial charge >= 0.3 is 0 Å². The third-order valence-corrected chi connectivity index (χ3v) is 4.12. The highest BCUT2D eigenvalue weighted by Gasteiger charge is 2.24. The van der Waals surface area contributed by atoms with Gasteiger partial charge in [-0.15, -0.1) is 12.6 Å². The van der Waals surface area contributed by atoms with Crippen molar-refractivity contribution in [3.05, 3.63) is 29.6 Å². The van der Waals surface area contributed by atoms with Crippen molar-refractivity contribution >= 4 is 30.3 Å². The molecule has 0 saturated carbocycles. The SMILES string of the molecule is CC1CN(C(=O)c2cc(S)ccc2F)CCS1. The Kier molecular flexibility index (Phi) is 3.99. The van der Waals surface area contributed by atoms with Gasteiger partial charge in [-0.3, -0.25) is 4.79 Å². The van der Waals surface area contributed by atoms with Crippen LogP contribution in [0.4, 0.5) is 4.39 Å². The van der Waals surface area contributed by atoms with E-state index in [0.717, 1.165) is 5.75 Å². The predicted octanol–water partition coefficient (Wildman–Crippen LogP) is 2.69. The molecule has 0 spiro atoms. The van der Waals surface area contributed by atoms with Crippen molar-refractivity contribution in [3.8, 4) is 0 Å². The minimum atomic E-state index is -0.473. The Morgan fingerprint density at radius 2 is 2.35 bits per heavy atom. The number of halogens is 1. The first kappa shape index (κ1) is 12.8. The molecule has 0 radical (unpaired) electrons. The van der Waals surface area contributed by atoms with E-state index in [0.29, 0.717) is 23.2 Å². The van der Waals surface area contributed by atoms with Crippen molar-refractivity contribution < 1.29 is 9.18 Å². The summed E-state index contributed by atoms with van der Waals surface area (Å²) in [5.74, 6) is 0.207. The number of nitrogens with zero attached hydrogens (tertiary/aromatic N) is 1. The van der Waals surface area contributed by atoms with Crippen LogP contribution < -0.4 is 0 Å². The van der Waals surface area contributed by atoms with E-state index in [1.165, 1.54) is 12.1 Å². The average Bonchev–Trinajstić information content (AvgIpc) is 2.31. The van der Waals surface area contributed by atoms with Gasteiger partial charge in [0, 0.05) is 29.0 Å². The van der Waals surface area contributed by atoms with Crippen LogP contribution in [-0.4, -0.2) is 34.9 Å². The third-order valence-electron chi connectivity index (χ3n) is 2.71. The second-order valence-corrected chi connectivity index (χ2v) is 6.16. The number of thiol groups is 1. The van der Waals surface area contributed by atoms with E-state index in [1.807, 2.05) is 11.8 Å². The first-order valence-corrected chi connectivity index (χ1v) is 6.97. The highest BCUT2D eigenvalue weighted by Crippen LogP contribution is 2.21. The molecule has 1 amide bonds. The summed E-state index contributed by atoms with van der Waals surface area (Å²) >= 11 is 5.98. The largest absolute Gasteiger partial charge is 0.337 e. The molecule has 1 aliphatic rings. The number of carbonyl (C=O) groups excluding carboxylic acids is 1. The lowest BCUT2D eigenvalue weighted by molar-refractivity contribution is 0.0758. The van der Waals surface area contributed by atoms with Crippen molar-refractivity contribution in [2.24, 2.45) is 0 Å². The number of carbonyl (C=O) groups is 1. The van der Waals surface area contributed by atoms with Crippen LogP contribution in [0.1, 0.15) is 17.3 Å². The molecule has 0 N–H and O–H groups in total. The van der Waals surface area contributed by atoms with Crippen LogP contribution in [0.3, 0.4) is 0 Å². The minimum absolute atomic E-state index is 0.122. The minimum Gasteiger partial charge on any atom is -0.337 e. The van der Waals surface area contributed by atoms with E-state index in [-0.39, 0.29) is 11.5 Å². The Morgan fingerprint density at radius 1 is 1.59 bits per heavy atom. The van der Waals surface area contributed by atoms with E-state index in [4.69, 9.17) is 0 Å². The fourth-order valence-corrected chi connectivity index (χ4v) is 3.07. The lowest BCUT2D eigenvalue weighted by Crippen LogP contribution is -2.41. The molecule has 5 heteroatoms. The van der Waals surface area contributed by atoms with Gasteiger partial charge < -0.3 is 4.90 Å². The summed E-state index contributed by atoms with van der Waals surface area (Å²) < 4.78 is 13.6. The van der Waals surface area contributed by atoms with E-state index < -0.39 is 5.82 Å². The number of hydrogen-bond acceptors (Lipinski definition) is 3. The van der Waals surface area contributed by atoms with Crippen molar-refractivity contribution in [1.29, 1.82) is 0 Å². The highest BCUT2D eigenvalue weighted by molar-refractivity contribution is 7.99. The normalized spacial score (nSPS) is 20.4. The van der Waals surface area contributed by atoms with Gasteiger partial charge in [0.15, 0.2) is 0 Å². The van der Waals surface area contributed by atoms with E-state index in [2.05, 4.69) is 19.6 Å². The smallest absolute Gasteiger partial charge is 0.256 e. The first-order chi connectivity index (χ1) is 8.08. The maximum atomic E-state index is 13.6. The lowest BCUT2D eigenvalue weighted by atomic mass is 10.1. The second-order valence-electron chi connectivity index (χ2n) is 4.10. The molecule has 2 nitrogen and oxygen atoms in total. The number of hydrogen-bond donors (Lipinski definition) is 1. The molecular formula is C12H14FNOS2. The highest BCUT2D eigenvalue weighted by atomic mass is 32.2. The molecule has 1 aromatic rings. The van der Waals surface area contributed by atoms with E-state index in [9.17, 15) is 9.18 Å². The maximum Gasteiger partial charge on any atom is 0.256 e. The number of rotatable bonds is 1. The molecule has 0 bridgehead atoms. The molecule has 1 aliphatic heterocycles. The molecular weight excluding hydrogens is 257 g/mol. The van der Waals surface area contributed by atoms with Gasteiger partial charge in [0.1, 0.15) is 5.82 Å². The van der Waals surface area contributed by atoms with Gasteiger partial charge in [0.25, 0.3) is 5.91 Å². The van der Waals surface area contributed by atoms with Gasteiger partial charge in [0.2, 0.25) is 0 Å². The molecule has 2 rings (SSSR count). The molecule has 1 saturated heterocycles. The fraction of sp³-hybridized carbons (Fsp3) is 0.417. The Bertz CT molecular complexity index is 439. The Balaban J connectivity index is 2.21. The molecule has 1 aromatic carbocycles. The summed E-state index contributed by atoms with van der Waals surface area (Å²) in [5.41, 5.74) is 0.122. The third kappa shape index (κ3) is 2.96. The molecule has 1 unspecified atom stereocenters. The van der Waals surface area contributed by atoms with Crippen LogP contribution >= 0.6 is 24.4 Å². The summed E-state index contributed by atoms with van der Waals surface area (Å²) in [6.07, 6.45) is 0. The molecule has 0 aromatic heterocycles. The summed E-state index contributed by atoms with van der Waals surface area (Å²) in [6.45, 7) is 3.44. The Hall–Kier alpha value is -0.680. The molecule has 1 fully saturated rings. The zero-order chi connectivity index (χ0) is 12.4. The number of amides is 1. The Morgan fingerprint density at radius 3 is 3.06 bits per heavy atom. The molecule has 1 atom stereocenters. The van der Waals surface area contributed by atoms with Gasteiger partial charge in [-0.2, -0.15) is 11.8 Å². The van der Waals surface area contributed by atoms with Crippen LogP contribution in [0, 0.1) is 5.82 Å². The van der Waals surface area contributed by atoms with Crippen LogP contribution in [0.2, 0.25) is 0 Å². The van der Waals surface area contributed by atoms with Crippen LogP contribution in [-0.2, 0) is 0 Å². The summed E-state index contributed by atoms with van der Waals surface area (Å²) in [7, 11) is 0. The summed E-state index contributed by atoms with van der Waals surface area (Å²) in [5, 5.41) is 0.412. The standard InChI is InChI=1S/C12H14FNOS2/c1-8-7-14(4-5-17-8)12(15)10-6-9(16)2-3-11(10)13/h2-3,6,8,16H,4-5,7H2,1H3. The quantitative estimate of drug-likeness (QED) is 0.793. The van der Waals surface area contributed by atoms with Gasteiger partial charge in [-0.05, 0) is 18.2 Å². The summed E-state index contributed by atoms with van der Waals surface area (Å²) in [4.78, 5) is 14.5. The van der Waals surface area contributed by atoms with Crippen molar-refractivity contribution in [2.75, 3.05) is 18.8 Å². The topological polar surface area (TPSA) is 20.3 Å². The first-order valence-electron chi connectivity index (χ1n) is 5.47. The number of benzene rings is 1.